The fourth-order valence-corrected chi connectivity index (χ4v) is 11.6. The molecule has 4 saturated heterocycles. The molecule has 21 heteroatoms. The van der Waals surface area contributed by atoms with Crippen molar-refractivity contribution in [3.8, 4) is 0 Å². The van der Waals surface area contributed by atoms with Gasteiger partial charge in [0.15, 0.2) is 25.0 Å². The van der Waals surface area contributed by atoms with E-state index in [0.29, 0.717) is 12.0 Å². The number of esters is 1. The molecule has 0 spiro atoms. The third kappa shape index (κ3) is 17.3. The normalized spacial score (nSPS) is 47.4. The van der Waals surface area contributed by atoms with Crippen LogP contribution in [-0.4, -0.2) is 216 Å². The molecule has 0 amide bonds. The fourth-order valence-electron chi connectivity index (χ4n) is 11.6. The first kappa shape index (κ1) is 67.2. The second-order valence-electron chi connectivity index (χ2n) is 23.0. The molecule has 8 N–H and O–H groups in total. The number of hydrogen-bond acceptors (Lipinski definition) is 21. The molecule has 21 nitrogen and oxygen atoms in total. The van der Waals surface area contributed by atoms with Crippen LogP contribution in [0.3, 0.4) is 0 Å². The Morgan fingerprint density at radius 1 is 0.722 bits per heavy atom. The first-order valence-electron chi connectivity index (χ1n) is 27.9. The van der Waals surface area contributed by atoms with E-state index in [-0.39, 0.29) is 50.2 Å². The van der Waals surface area contributed by atoms with E-state index in [2.05, 4.69) is 0 Å². The van der Waals surface area contributed by atoms with Crippen LogP contribution in [0, 0.1) is 17.8 Å². The van der Waals surface area contributed by atoms with Crippen molar-refractivity contribution in [2.75, 3.05) is 35.0 Å². The van der Waals surface area contributed by atoms with Crippen LogP contribution in [0.2, 0.25) is 0 Å². The molecule has 5 heterocycles. The van der Waals surface area contributed by atoms with Crippen LogP contribution in [0.15, 0.2) is 58.7 Å². The summed E-state index contributed by atoms with van der Waals surface area (Å²) in [7, 11) is 5.79. The third-order valence-electron chi connectivity index (χ3n) is 16.3. The molecule has 4 fully saturated rings. The van der Waals surface area contributed by atoms with Gasteiger partial charge in [0.1, 0.15) is 30.5 Å². The van der Waals surface area contributed by atoms with Gasteiger partial charge in [-0.3, -0.25) is 0 Å². The summed E-state index contributed by atoms with van der Waals surface area (Å²) in [5.41, 5.74) is 0.889. The molecule has 0 unspecified atom stereocenters. The molecular weight excluding hydrogens is 1030 g/mol. The Balaban J connectivity index is 1.41. The molecule has 0 saturated carbocycles. The zero-order chi connectivity index (χ0) is 58.8. The summed E-state index contributed by atoms with van der Waals surface area (Å²) in [5, 5.41) is 92.8. The Hall–Kier alpha value is -2.59. The number of aliphatic hydroxyl groups excluding tert-OH is 6. The Morgan fingerprint density at radius 2 is 1.39 bits per heavy atom. The van der Waals surface area contributed by atoms with Gasteiger partial charge < -0.3 is 97.7 Å². The summed E-state index contributed by atoms with van der Waals surface area (Å²) in [6.07, 6.45) is -8.51. The number of methoxy groups -OCH3 is 4. The van der Waals surface area contributed by atoms with E-state index in [4.69, 9.17) is 56.8 Å². The molecular formula is C58H96O21. The lowest BCUT2D eigenvalue weighted by molar-refractivity contribution is -0.366. The predicted molar refractivity (Wildman–Crippen MR) is 288 cm³/mol. The number of rotatable bonds is 14. The van der Waals surface area contributed by atoms with E-state index in [1.54, 1.807) is 47.6 Å². The lowest BCUT2D eigenvalue weighted by Crippen LogP contribution is -2.66. The summed E-state index contributed by atoms with van der Waals surface area (Å²) in [6.45, 7) is 19.1. The van der Waals surface area contributed by atoms with Gasteiger partial charge >= 0.3 is 5.97 Å². The molecule has 0 radical (unpaired) electrons. The number of allylic oxidation sites excluding steroid dienone is 7. The maximum atomic E-state index is 14.3. The van der Waals surface area contributed by atoms with E-state index < -0.39 is 152 Å². The Bertz CT molecular complexity index is 2080. The third-order valence-corrected chi connectivity index (χ3v) is 16.3. The highest BCUT2D eigenvalue weighted by molar-refractivity contribution is 5.88. The number of hydrogen-bond donors (Lipinski definition) is 8. The number of ether oxygens (including phenoxy) is 12. The lowest BCUT2D eigenvalue weighted by Gasteiger charge is -2.52. The van der Waals surface area contributed by atoms with Crippen LogP contribution in [0.5, 0.6) is 0 Å². The molecule has 5 aliphatic heterocycles. The summed E-state index contributed by atoms with van der Waals surface area (Å²) in [6, 6.07) is 0. The molecule has 0 aromatic heterocycles. The Kier molecular flexibility index (Phi) is 25.3. The van der Waals surface area contributed by atoms with Crippen LogP contribution in [-0.2, 0) is 61.6 Å². The molecule has 5 rings (SSSR count). The zero-order valence-corrected chi connectivity index (χ0v) is 49.1. The van der Waals surface area contributed by atoms with Gasteiger partial charge in [0.2, 0.25) is 5.79 Å². The highest BCUT2D eigenvalue weighted by Gasteiger charge is 2.59. The van der Waals surface area contributed by atoms with Crippen molar-refractivity contribution in [1.29, 1.82) is 0 Å². The van der Waals surface area contributed by atoms with Crippen LogP contribution < -0.4 is 0 Å². The topological polar surface area (TPSA) is 290 Å². The summed E-state index contributed by atoms with van der Waals surface area (Å²) < 4.78 is 72.2. The van der Waals surface area contributed by atoms with E-state index in [1.807, 2.05) is 51.2 Å². The molecule has 0 aliphatic carbocycles. The number of aliphatic hydroxyl groups is 8. The highest BCUT2D eigenvalue weighted by Crippen LogP contribution is 2.44. The molecule has 0 aromatic rings. The Morgan fingerprint density at radius 3 is 2.03 bits per heavy atom. The largest absolute Gasteiger partial charge is 0.450 e. The summed E-state index contributed by atoms with van der Waals surface area (Å²) in [5.74, 6) is -5.55. The minimum Gasteiger partial charge on any atom is -0.450 e. The second-order valence-corrected chi connectivity index (χ2v) is 23.0. The lowest BCUT2D eigenvalue weighted by atomic mass is 9.76. The quantitative estimate of drug-likeness (QED) is 0.115. The second kappa shape index (κ2) is 29.8. The van der Waals surface area contributed by atoms with Gasteiger partial charge in [-0.25, -0.2) is 4.79 Å². The average Bonchev–Trinajstić information content (AvgIpc) is 3.41. The van der Waals surface area contributed by atoms with E-state index in [0.717, 1.165) is 11.1 Å². The van der Waals surface area contributed by atoms with Gasteiger partial charge in [0, 0.05) is 77.4 Å². The number of carbonyl (C=O) groups is 1. The van der Waals surface area contributed by atoms with E-state index in [1.165, 1.54) is 42.3 Å². The van der Waals surface area contributed by atoms with Gasteiger partial charge in [0.25, 0.3) is 0 Å². The Labute approximate surface area is 467 Å². The van der Waals surface area contributed by atoms with Crippen LogP contribution in [0.1, 0.15) is 115 Å². The smallest absolute Gasteiger partial charge is 0.334 e. The molecule has 25 atom stereocenters. The van der Waals surface area contributed by atoms with Crippen molar-refractivity contribution in [3.05, 3.63) is 58.7 Å². The van der Waals surface area contributed by atoms with Crippen LogP contribution in [0.25, 0.3) is 0 Å². The van der Waals surface area contributed by atoms with Crippen molar-refractivity contribution in [3.63, 3.8) is 0 Å². The minimum absolute atomic E-state index is 0.000680. The zero-order valence-electron chi connectivity index (χ0n) is 49.1. The molecule has 0 bridgehead atoms. The van der Waals surface area contributed by atoms with Crippen LogP contribution >= 0.6 is 0 Å². The van der Waals surface area contributed by atoms with E-state index >= 15 is 0 Å². The average molecular weight is 1130 g/mol. The van der Waals surface area contributed by atoms with Crippen molar-refractivity contribution < 1.29 is 102 Å². The number of cyclic esters (lactones) is 1. The summed E-state index contributed by atoms with van der Waals surface area (Å²) in [4.78, 5) is 14.3. The first-order valence-corrected chi connectivity index (χ1v) is 27.9. The van der Waals surface area contributed by atoms with Crippen molar-refractivity contribution >= 4 is 5.97 Å². The molecule has 5 aliphatic rings. The van der Waals surface area contributed by atoms with Crippen LogP contribution in [0.4, 0.5) is 0 Å². The van der Waals surface area contributed by atoms with Gasteiger partial charge in [-0.15, -0.1) is 0 Å². The maximum Gasteiger partial charge on any atom is 0.334 e. The highest BCUT2D eigenvalue weighted by atomic mass is 16.7. The standard InChI is InChI=1S/C58H96O21/c1-29-17-16-18-40(59)44(69-13)25-41(60)54(78-55(65)33(5)23-31(3)21-30(2)22-32(4)42(20-19-29)76-56-51(64)50(63)52(71-15)37(9)74-56)58(67)35(7)48(61)34(6)43(79-58)24-39(28-68-12)75-47-27-57(11,66)53(38(10)73-47)77-46-26-45(70-14)49(62)36(8)72-46/h17,19-23,32,34-54,56,59-64,66-67H,16,18,24-28H2,1-15H3/b20-19+,29-17+,30-22+,31-21+,33-23-/t32-,34+,35-,36-,37+,38+,39-,40+,41+,42-,43-,44+,45-,46+,47+,48+,49-,50+,51+,52+,53+,54-,56+,57+,58-/m1/s1. The molecule has 0 aromatic carbocycles. The van der Waals surface area contributed by atoms with Gasteiger partial charge in [-0.2, -0.15) is 0 Å². The number of carbonyl (C=O) groups excluding carboxylic acids is 1. The molecule has 79 heavy (non-hydrogen) atoms. The predicted octanol–water partition coefficient (Wildman–Crippen LogP) is 3.59. The van der Waals surface area contributed by atoms with Crippen molar-refractivity contribution in [2.45, 2.75) is 249 Å². The monoisotopic (exact) mass is 1130 g/mol. The fraction of sp³-hybridized carbons (Fsp3) is 0.810. The SMILES string of the molecule is COC[C@@H](C[C@H]1O[C@@](O)([C@@H]2OC(=O)\C(C)=C/C(C)=C/C(C)=C/[C@@H](C)[C@H](O[C@@H]3O[C@@H](C)[C@H](OC)[C@@H](O)[C@@H]3O)/C=C/C(C)=C/CC[C@H](O)[C@@H](OC)C[C@@H]2O)[C@H](C)[C@@H](O)[C@H]1C)O[C@H]1C[C@](C)(O)[C@@H](O[C@H]2C[C@@H](OC)[C@H](O)[C@@H](C)O2)[C@H](C)O1. The van der Waals surface area contributed by atoms with Crippen molar-refractivity contribution in [1.82, 2.24) is 0 Å². The van der Waals surface area contributed by atoms with Crippen molar-refractivity contribution in [2.24, 2.45) is 17.8 Å². The molecule has 454 valence electrons. The van der Waals surface area contributed by atoms with Gasteiger partial charge in [-0.05, 0) is 74.3 Å². The minimum atomic E-state index is -2.53. The van der Waals surface area contributed by atoms with Gasteiger partial charge in [-0.1, -0.05) is 67.9 Å². The maximum absolute atomic E-state index is 14.3. The summed E-state index contributed by atoms with van der Waals surface area (Å²) >= 11 is 0. The van der Waals surface area contributed by atoms with E-state index in [9.17, 15) is 45.6 Å². The van der Waals surface area contributed by atoms with Gasteiger partial charge in [0.05, 0.1) is 79.4 Å². The first-order chi connectivity index (χ1) is 37.1.